The van der Waals surface area contributed by atoms with E-state index < -0.39 is 11.8 Å². The minimum Gasteiger partial charge on any atom is -0.465 e. The number of aryl methyl sites for hydroxylation is 1. The first kappa shape index (κ1) is 21.1. The first-order valence-electron chi connectivity index (χ1n) is 9.75. The Morgan fingerprint density at radius 3 is 2.60 bits per heavy atom. The molecule has 1 aromatic heterocycles. The second kappa shape index (κ2) is 8.17. The van der Waals surface area contributed by atoms with Crippen molar-refractivity contribution in [2.75, 3.05) is 20.2 Å². The number of hydrogen-bond acceptors (Lipinski definition) is 4. The number of aromatic nitrogens is 2. The van der Waals surface area contributed by atoms with E-state index in [0.29, 0.717) is 15.6 Å². The summed E-state index contributed by atoms with van der Waals surface area (Å²) in [6, 6.07) is 8.73. The van der Waals surface area contributed by atoms with E-state index >= 15 is 0 Å². The molecule has 2 heterocycles. The van der Waals surface area contributed by atoms with E-state index in [1.807, 2.05) is 23.7 Å². The number of nitrogens with zero attached hydrogens (tertiary/aromatic N) is 3. The number of hydrogen-bond donors (Lipinski definition) is 0. The Bertz CT molecular complexity index is 1110. The Hall–Kier alpha value is -2.15. The maximum atomic E-state index is 14.6. The van der Waals surface area contributed by atoms with Gasteiger partial charge in [0.15, 0.2) is 0 Å². The van der Waals surface area contributed by atoms with Crippen molar-refractivity contribution >= 4 is 40.1 Å². The molecule has 0 spiro atoms. The number of halogens is 3. The SMILES string of the molecule is COC(=O)c1cc2c(C)nn([C@@H]3CCN([C@H](C)c4cc(Cl)cc(Cl)c4)C3)c2cc1F. The van der Waals surface area contributed by atoms with Gasteiger partial charge >= 0.3 is 5.97 Å². The van der Waals surface area contributed by atoms with Crippen LogP contribution in [0.2, 0.25) is 10.0 Å². The molecule has 0 saturated carbocycles. The van der Waals surface area contributed by atoms with Gasteiger partial charge < -0.3 is 4.74 Å². The number of carbonyl (C=O) groups is 1. The standard InChI is InChI=1S/C22H22Cl2FN3O2/c1-12-18-9-19(22(29)30-3)20(25)10-21(18)28(26-12)17-4-5-27(11-17)13(2)14-6-15(23)8-16(24)7-14/h6-10,13,17H,4-5,11H2,1-3H3/t13-,17-/m1/s1. The third-order valence-corrected chi connectivity index (χ3v) is 6.28. The van der Waals surface area contributed by atoms with Gasteiger partial charge in [-0.25, -0.2) is 9.18 Å². The molecule has 0 bridgehead atoms. The number of methoxy groups -OCH3 is 1. The zero-order valence-electron chi connectivity index (χ0n) is 17.0. The summed E-state index contributed by atoms with van der Waals surface area (Å²) in [7, 11) is 1.24. The molecule has 0 radical (unpaired) electrons. The second-order valence-corrected chi connectivity index (χ2v) is 8.56. The van der Waals surface area contributed by atoms with Crippen LogP contribution < -0.4 is 0 Å². The zero-order valence-corrected chi connectivity index (χ0v) is 18.5. The van der Waals surface area contributed by atoms with Gasteiger partial charge in [-0.05, 0) is 50.1 Å². The summed E-state index contributed by atoms with van der Waals surface area (Å²) in [5.41, 5.74) is 2.42. The molecule has 0 aliphatic carbocycles. The van der Waals surface area contributed by atoms with E-state index in [-0.39, 0.29) is 17.6 Å². The predicted octanol–water partition coefficient (Wildman–Crippen LogP) is 5.59. The lowest BCUT2D eigenvalue weighted by Gasteiger charge is -2.25. The van der Waals surface area contributed by atoms with Crippen LogP contribution in [-0.2, 0) is 4.74 Å². The van der Waals surface area contributed by atoms with Gasteiger partial charge in [0, 0.05) is 40.6 Å². The highest BCUT2D eigenvalue weighted by Crippen LogP contribution is 2.34. The topological polar surface area (TPSA) is 47.4 Å². The van der Waals surface area contributed by atoms with Gasteiger partial charge in [-0.3, -0.25) is 9.58 Å². The third kappa shape index (κ3) is 3.80. The van der Waals surface area contributed by atoms with E-state index in [2.05, 4.69) is 21.7 Å². The molecular formula is C22H22Cl2FN3O2. The van der Waals surface area contributed by atoms with Crippen molar-refractivity contribution in [3.63, 3.8) is 0 Å². The molecular weight excluding hydrogens is 428 g/mol. The van der Waals surface area contributed by atoms with Crippen LogP contribution in [0.3, 0.4) is 0 Å². The zero-order chi connectivity index (χ0) is 21.6. The molecule has 158 valence electrons. The Kier molecular flexibility index (Phi) is 5.75. The van der Waals surface area contributed by atoms with E-state index in [0.717, 1.165) is 36.2 Å². The maximum absolute atomic E-state index is 14.6. The highest BCUT2D eigenvalue weighted by molar-refractivity contribution is 6.34. The molecule has 0 unspecified atom stereocenters. The van der Waals surface area contributed by atoms with E-state index in [4.69, 9.17) is 23.2 Å². The lowest BCUT2D eigenvalue weighted by molar-refractivity contribution is 0.0595. The first-order valence-corrected chi connectivity index (χ1v) is 10.5. The van der Waals surface area contributed by atoms with Crippen molar-refractivity contribution in [2.24, 2.45) is 0 Å². The summed E-state index contributed by atoms with van der Waals surface area (Å²) < 4.78 is 21.1. The number of fused-ring (bicyclic) bond motifs is 1. The molecule has 1 aliphatic heterocycles. The summed E-state index contributed by atoms with van der Waals surface area (Å²) in [6.07, 6.45) is 0.884. The fraction of sp³-hybridized carbons (Fsp3) is 0.364. The van der Waals surface area contributed by atoms with Crippen LogP contribution in [0.1, 0.15) is 47.0 Å². The Morgan fingerprint density at radius 1 is 1.23 bits per heavy atom. The lowest BCUT2D eigenvalue weighted by Crippen LogP contribution is -2.25. The maximum Gasteiger partial charge on any atom is 0.340 e. The molecule has 0 N–H and O–H groups in total. The number of esters is 1. The average Bonchev–Trinajstić information content (AvgIpc) is 3.30. The van der Waals surface area contributed by atoms with Crippen molar-refractivity contribution in [3.8, 4) is 0 Å². The molecule has 2 atom stereocenters. The number of carbonyl (C=O) groups excluding carboxylic acids is 1. The molecule has 3 aromatic rings. The van der Waals surface area contributed by atoms with Gasteiger partial charge in [0.05, 0.1) is 29.9 Å². The largest absolute Gasteiger partial charge is 0.465 e. The summed E-state index contributed by atoms with van der Waals surface area (Å²) in [4.78, 5) is 14.2. The molecule has 5 nitrogen and oxygen atoms in total. The quantitative estimate of drug-likeness (QED) is 0.487. The molecule has 1 fully saturated rings. The molecule has 30 heavy (non-hydrogen) atoms. The highest BCUT2D eigenvalue weighted by atomic mass is 35.5. The number of rotatable bonds is 4. The molecule has 1 aliphatic rings. The second-order valence-electron chi connectivity index (χ2n) is 7.69. The van der Waals surface area contributed by atoms with Crippen molar-refractivity contribution in [3.05, 3.63) is 63.0 Å². The van der Waals surface area contributed by atoms with Gasteiger partial charge in [-0.2, -0.15) is 5.10 Å². The normalized spacial score (nSPS) is 18.1. The molecule has 2 aromatic carbocycles. The Morgan fingerprint density at radius 2 is 1.93 bits per heavy atom. The van der Waals surface area contributed by atoms with Crippen LogP contribution in [-0.4, -0.2) is 40.8 Å². The van der Waals surface area contributed by atoms with Crippen LogP contribution in [0, 0.1) is 12.7 Å². The first-order chi connectivity index (χ1) is 14.3. The summed E-state index contributed by atoms with van der Waals surface area (Å²) in [5, 5.41) is 6.65. The van der Waals surface area contributed by atoms with E-state index in [1.54, 1.807) is 6.07 Å². The van der Waals surface area contributed by atoms with Gasteiger partial charge in [0.2, 0.25) is 0 Å². The molecule has 1 saturated heterocycles. The minimum absolute atomic E-state index is 0.0767. The summed E-state index contributed by atoms with van der Waals surface area (Å²) in [5.74, 6) is -1.30. The van der Waals surface area contributed by atoms with Gasteiger partial charge in [-0.15, -0.1) is 0 Å². The van der Waals surface area contributed by atoms with Gasteiger partial charge in [0.25, 0.3) is 0 Å². The fourth-order valence-electron chi connectivity index (χ4n) is 4.20. The van der Waals surface area contributed by atoms with E-state index in [9.17, 15) is 9.18 Å². The van der Waals surface area contributed by atoms with Gasteiger partial charge in [-0.1, -0.05) is 23.2 Å². The van der Waals surface area contributed by atoms with Crippen LogP contribution in [0.4, 0.5) is 4.39 Å². The van der Waals surface area contributed by atoms with Crippen molar-refractivity contribution in [1.82, 2.24) is 14.7 Å². The Balaban J connectivity index is 1.62. The third-order valence-electron chi connectivity index (χ3n) is 5.84. The molecule has 0 amide bonds. The van der Waals surface area contributed by atoms with Crippen LogP contribution in [0.15, 0.2) is 30.3 Å². The predicted molar refractivity (Wildman–Crippen MR) is 116 cm³/mol. The molecule has 8 heteroatoms. The average molecular weight is 450 g/mol. The highest BCUT2D eigenvalue weighted by Gasteiger charge is 2.30. The van der Waals surface area contributed by atoms with E-state index in [1.165, 1.54) is 19.2 Å². The van der Waals surface area contributed by atoms with Gasteiger partial charge in [0.1, 0.15) is 5.82 Å². The Labute approximate surface area is 184 Å². The summed E-state index contributed by atoms with van der Waals surface area (Å²) >= 11 is 12.3. The van der Waals surface area contributed by atoms with Crippen LogP contribution >= 0.6 is 23.2 Å². The smallest absolute Gasteiger partial charge is 0.340 e. The monoisotopic (exact) mass is 449 g/mol. The number of ether oxygens (including phenoxy) is 1. The summed E-state index contributed by atoms with van der Waals surface area (Å²) in [6.45, 7) is 5.63. The minimum atomic E-state index is -0.692. The lowest BCUT2D eigenvalue weighted by atomic mass is 10.1. The number of benzene rings is 2. The number of likely N-dealkylation sites (tertiary alicyclic amines) is 1. The van der Waals surface area contributed by atoms with Crippen molar-refractivity contribution in [2.45, 2.75) is 32.4 Å². The van der Waals surface area contributed by atoms with Crippen LogP contribution in [0.5, 0.6) is 0 Å². The molecule has 4 rings (SSSR count). The fourth-order valence-corrected chi connectivity index (χ4v) is 4.75. The van der Waals surface area contributed by atoms with Crippen molar-refractivity contribution < 1.29 is 13.9 Å². The van der Waals surface area contributed by atoms with Crippen LogP contribution in [0.25, 0.3) is 10.9 Å². The van der Waals surface area contributed by atoms with Crippen molar-refractivity contribution in [1.29, 1.82) is 0 Å².